The van der Waals surface area contributed by atoms with E-state index in [4.69, 9.17) is 0 Å². The van der Waals surface area contributed by atoms with E-state index < -0.39 is 40.8 Å². The first-order valence-electron chi connectivity index (χ1n) is 5.62. The van der Waals surface area contributed by atoms with Gasteiger partial charge in [0.25, 0.3) is 0 Å². The lowest BCUT2D eigenvalue weighted by molar-refractivity contribution is 0.149. The van der Waals surface area contributed by atoms with Crippen molar-refractivity contribution < 1.29 is 27.1 Å². The normalized spacial score (nSPS) is 17.0. The highest BCUT2D eigenvalue weighted by Crippen LogP contribution is 2.37. The van der Waals surface area contributed by atoms with Gasteiger partial charge >= 0.3 is 0 Å². The summed E-state index contributed by atoms with van der Waals surface area (Å²) < 4.78 is 65.2. The van der Waals surface area contributed by atoms with E-state index in [1.165, 1.54) is 0 Å². The van der Waals surface area contributed by atoms with Crippen molar-refractivity contribution in [2.45, 2.75) is 31.8 Å². The number of hydrogen-bond acceptors (Lipinski definition) is 1. The zero-order valence-electron chi connectivity index (χ0n) is 9.32. The zero-order chi connectivity index (χ0) is 13.4. The van der Waals surface area contributed by atoms with Crippen LogP contribution in [0, 0.1) is 35.0 Å². The zero-order valence-corrected chi connectivity index (χ0v) is 9.32. The highest BCUT2D eigenvalue weighted by Gasteiger charge is 2.30. The van der Waals surface area contributed by atoms with Crippen LogP contribution in [0.1, 0.15) is 37.4 Å². The second kappa shape index (κ2) is 4.84. The summed E-state index contributed by atoms with van der Waals surface area (Å²) in [6.07, 6.45) is 0.785. The summed E-state index contributed by atoms with van der Waals surface area (Å²) >= 11 is 0. The maximum atomic E-state index is 13.3. The molecule has 1 aromatic rings. The predicted octanol–water partition coefficient (Wildman–Crippen LogP) is 3.61. The molecule has 0 spiro atoms. The molecular formula is C12H11F5O. The number of hydrogen-bond donors (Lipinski definition) is 1. The fraction of sp³-hybridized carbons (Fsp3) is 0.500. The number of halogens is 5. The van der Waals surface area contributed by atoms with Gasteiger partial charge in [-0.1, -0.05) is 12.8 Å². The maximum Gasteiger partial charge on any atom is 0.200 e. The molecule has 1 unspecified atom stereocenters. The minimum atomic E-state index is -2.21. The van der Waals surface area contributed by atoms with Crippen molar-refractivity contribution in [3.63, 3.8) is 0 Å². The highest BCUT2D eigenvalue weighted by atomic mass is 19.2. The lowest BCUT2D eigenvalue weighted by Gasteiger charge is -2.14. The summed E-state index contributed by atoms with van der Waals surface area (Å²) in [6, 6.07) is 0. The van der Waals surface area contributed by atoms with Crippen molar-refractivity contribution >= 4 is 0 Å². The first kappa shape index (κ1) is 13.3. The average molecular weight is 266 g/mol. The second-order valence-corrected chi connectivity index (χ2v) is 4.52. The van der Waals surface area contributed by atoms with Crippen LogP contribution < -0.4 is 0 Å². The fourth-order valence-electron chi connectivity index (χ4n) is 1.86. The van der Waals surface area contributed by atoms with Crippen LogP contribution in [0.5, 0.6) is 0 Å². The first-order valence-corrected chi connectivity index (χ1v) is 5.62. The Labute approximate surface area is 100 Å². The van der Waals surface area contributed by atoms with E-state index in [1.807, 2.05) is 0 Å². The Morgan fingerprint density at radius 3 is 1.78 bits per heavy atom. The van der Waals surface area contributed by atoms with Gasteiger partial charge in [-0.2, -0.15) is 0 Å². The Morgan fingerprint density at radius 1 is 0.889 bits per heavy atom. The summed E-state index contributed by atoms with van der Waals surface area (Å²) in [5.74, 6) is -9.75. The number of rotatable bonds is 4. The van der Waals surface area contributed by atoms with E-state index >= 15 is 0 Å². The molecule has 1 nitrogen and oxygen atoms in total. The Morgan fingerprint density at radius 2 is 1.33 bits per heavy atom. The van der Waals surface area contributed by atoms with E-state index in [0.717, 1.165) is 12.8 Å². The monoisotopic (exact) mass is 266 g/mol. The van der Waals surface area contributed by atoms with Gasteiger partial charge in [-0.3, -0.25) is 0 Å². The van der Waals surface area contributed by atoms with Crippen LogP contribution >= 0.6 is 0 Å². The van der Waals surface area contributed by atoms with Gasteiger partial charge in [0.15, 0.2) is 23.3 Å². The minimum Gasteiger partial charge on any atom is -0.388 e. The van der Waals surface area contributed by atoms with E-state index in [0.29, 0.717) is 12.3 Å². The van der Waals surface area contributed by atoms with E-state index in [-0.39, 0.29) is 6.42 Å². The van der Waals surface area contributed by atoms with Gasteiger partial charge < -0.3 is 5.11 Å². The molecular weight excluding hydrogens is 255 g/mol. The number of benzene rings is 1. The Hall–Kier alpha value is -1.17. The molecule has 1 saturated carbocycles. The molecule has 100 valence electrons. The fourth-order valence-corrected chi connectivity index (χ4v) is 1.86. The Balaban J connectivity index is 2.30. The molecule has 1 aliphatic rings. The summed E-state index contributed by atoms with van der Waals surface area (Å²) in [5, 5.41) is 9.56. The smallest absolute Gasteiger partial charge is 0.200 e. The van der Waals surface area contributed by atoms with E-state index in [2.05, 4.69) is 0 Å². The average Bonchev–Trinajstić information content (AvgIpc) is 3.15. The summed E-state index contributed by atoms with van der Waals surface area (Å²) in [4.78, 5) is 0. The molecule has 1 fully saturated rings. The van der Waals surface area contributed by atoms with Crippen molar-refractivity contribution in [1.29, 1.82) is 0 Å². The van der Waals surface area contributed by atoms with E-state index in [9.17, 15) is 27.1 Å². The molecule has 0 saturated heterocycles. The van der Waals surface area contributed by atoms with E-state index in [1.54, 1.807) is 0 Å². The van der Waals surface area contributed by atoms with Gasteiger partial charge in [-0.25, -0.2) is 22.0 Å². The third-order valence-corrected chi connectivity index (χ3v) is 3.12. The SMILES string of the molecule is OC(CCC1CC1)c1c(F)c(F)c(F)c(F)c1F. The van der Waals surface area contributed by atoms with Crippen LogP contribution in [-0.4, -0.2) is 5.11 Å². The quantitative estimate of drug-likeness (QED) is 0.501. The molecule has 1 N–H and O–H groups in total. The maximum absolute atomic E-state index is 13.3. The summed E-state index contributed by atoms with van der Waals surface area (Å²) in [5.41, 5.74) is -1.13. The third-order valence-electron chi connectivity index (χ3n) is 3.12. The van der Waals surface area contributed by atoms with Crippen molar-refractivity contribution in [2.75, 3.05) is 0 Å². The van der Waals surface area contributed by atoms with Crippen LogP contribution in [0.15, 0.2) is 0 Å². The predicted molar refractivity (Wildman–Crippen MR) is 53.1 cm³/mol. The second-order valence-electron chi connectivity index (χ2n) is 4.52. The molecule has 1 aliphatic carbocycles. The molecule has 0 radical (unpaired) electrons. The van der Waals surface area contributed by atoms with Crippen molar-refractivity contribution in [2.24, 2.45) is 5.92 Å². The van der Waals surface area contributed by atoms with Gasteiger partial charge in [0.2, 0.25) is 5.82 Å². The minimum absolute atomic E-state index is 0.0109. The van der Waals surface area contributed by atoms with Crippen LogP contribution in [-0.2, 0) is 0 Å². The standard InChI is InChI=1S/C12H11F5O/c13-8-7(6(18)4-3-5-1-2-5)9(14)11(16)12(17)10(8)15/h5-6,18H,1-4H2. The highest BCUT2D eigenvalue weighted by molar-refractivity contribution is 5.26. The van der Waals surface area contributed by atoms with Crippen molar-refractivity contribution in [3.05, 3.63) is 34.6 Å². The molecule has 1 aromatic carbocycles. The van der Waals surface area contributed by atoms with Gasteiger partial charge in [-0.05, 0) is 18.8 Å². The van der Waals surface area contributed by atoms with Gasteiger partial charge in [0.05, 0.1) is 11.7 Å². The molecule has 1 atom stereocenters. The Kier molecular flexibility index (Phi) is 3.56. The number of aliphatic hydroxyl groups is 1. The molecule has 0 aromatic heterocycles. The molecule has 18 heavy (non-hydrogen) atoms. The summed E-state index contributed by atoms with van der Waals surface area (Å²) in [7, 11) is 0. The third kappa shape index (κ3) is 2.34. The Bertz CT molecular complexity index is 441. The van der Waals surface area contributed by atoms with Crippen LogP contribution in [0.2, 0.25) is 0 Å². The van der Waals surface area contributed by atoms with Gasteiger partial charge in [0, 0.05) is 0 Å². The van der Waals surface area contributed by atoms with Crippen LogP contribution in [0.4, 0.5) is 22.0 Å². The number of aliphatic hydroxyl groups excluding tert-OH is 1. The molecule has 0 amide bonds. The largest absolute Gasteiger partial charge is 0.388 e. The first-order chi connectivity index (χ1) is 8.43. The van der Waals surface area contributed by atoms with Crippen LogP contribution in [0.3, 0.4) is 0 Å². The lowest BCUT2D eigenvalue weighted by Crippen LogP contribution is -2.11. The van der Waals surface area contributed by atoms with Crippen molar-refractivity contribution in [1.82, 2.24) is 0 Å². The molecule has 2 rings (SSSR count). The molecule has 0 aliphatic heterocycles. The summed E-state index contributed by atoms with van der Waals surface area (Å²) in [6.45, 7) is 0. The van der Waals surface area contributed by atoms with Gasteiger partial charge in [0.1, 0.15) is 0 Å². The van der Waals surface area contributed by atoms with Crippen LogP contribution in [0.25, 0.3) is 0 Å². The molecule has 6 heteroatoms. The van der Waals surface area contributed by atoms with Gasteiger partial charge in [-0.15, -0.1) is 0 Å². The van der Waals surface area contributed by atoms with Crippen molar-refractivity contribution in [3.8, 4) is 0 Å². The topological polar surface area (TPSA) is 20.2 Å². The molecule has 0 bridgehead atoms. The lowest BCUT2D eigenvalue weighted by atomic mass is 10.0. The molecule has 0 heterocycles.